The molecule has 1 saturated carbocycles. The van der Waals surface area contributed by atoms with Crippen LogP contribution < -0.4 is 16.4 Å². The molecule has 0 radical (unpaired) electrons. The highest BCUT2D eigenvalue weighted by Crippen LogP contribution is 2.32. The van der Waals surface area contributed by atoms with E-state index in [9.17, 15) is 9.59 Å². The van der Waals surface area contributed by atoms with Crippen LogP contribution in [0.5, 0.6) is 0 Å². The molecule has 0 heterocycles. The quantitative estimate of drug-likeness (QED) is 0.723. The lowest BCUT2D eigenvalue weighted by Crippen LogP contribution is -2.46. The minimum atomic E-state index is -0.267. The lowest BCUT2D eigenvalue weighted by Gasteiger charge is -2.16. The van der Waals surface area contributed by atoms with Gasteiger partial charge in [-0.15, -0.1) is 0 Å². The Morgan fingerprint density at radius 1 is 1.40 bits per heavy atom. The third kappa shape index (κ3) is 4.31. The number of carbonyl (C=O) groups is 2. The van der Waals surface area contributed by atoms with Crippen LogP contribution in [0.2, 0.25) is 0 Å². The van der Waals surface area contributed by atoms with Crippen molar-refractivity contribution in [3.05, 3.63) is 34.3 Å². The number of nitrogens with two attached hydrogens (primary N) is 1. The van der Waals surface area contributed by atoms with E-state index in [0.717, 1.165) is 17.3 Å². The molecular formula is C14H18BrN3O2. The molecule has 5 nitrogen and oxygen atoms in total. The Balaban J connectivity index is 1.79. The summed E-state index contributed by atoms with van der Waals surface area (Å²) in [5.74, 6) is 0.0394. The van der Waals surface area contributed by atoms with Gasteiger partial charge in [-0.3, -0.25) is 9.59 Å². The van der Waals surface area contributed by atoms with Gasteiger partial charge in [-0.2, -0.15) is 0 Å². The Morgan fingerprint density at radius 2 is 2.15 bits per heavy atom. The maximum Gasteiger partial charge on any atom is 0.251 e. The smallest absolute Gasteiger partial charge is 0.251 e. The van der Waals surface area contributed by atoms with Crippen LogP contribution >= 0.6 is 15.9 Å². The molecule has 0 aromatic heterocycles. The summed E-state index contributed by atoms with van der Waals surface area (Å²) >= 11 is 3.30. The van der Waals surface area contributed by atoms with E-state index >= 15 is 0 Å². The predicted octanol–water partition coefficient (Wildman–Crippen LogP) is 1.03. The van der Waals surface area contributed by atoms with Gasteiger partial charge in [0.05, 0.1) is 6.54 Å². The zero-order chi connectivity index (χ0) is 14.5. The van der Waals surface area contributed by atoms with Crippen LogP contribution in [0.1, 0.15) is 23.2 Å². The molecule has 0 spiro atoms. The van der Waals surface area contributed by atoms with Crippen molar-refractivity contribution in [3.63, 3.8) is 0 Å². The zero-order valence-electron chi connectivity index (χ0n) is 11.1. The van der Waals surface area contributed by atoms with Crippen LogP contribution in [0.4, 0.5) is 0 Å². The van der Waals surface area contributed by atoms with Gasteiger partial charge < -0.3 is 16.4 Å². The molecule has 0 aliphatic heterocycles. The zero-order valence-corrected chi connectivity index (χ0v) is 12.7. The van der Waals surface area contributed by atoms with E-state index in [-0.39, 0.29) is 24.4 Å². The van der Waals surface area contributed by atoms with Gasteiger partial charge in [0.15, 0.2) is 0 Å². The Bertz CT molecular complexity index is 503. The second-order valence-electron chi connectivity index (χ2n) is 4.94. The number of hydrogen-bond donors (Lipinski definition) is 3. The summed E-state index contributed by atoms with van der Waals surface area (Å²) in [7, 11) is 0. The third-order valence-electron chi connectivity index (χ3n) is 3.29. The summed E-state index contributed by atoms with van der Waals surface area (Å²) < 4.78 is 0.825. The minimum Gasteiger partial charge on any atom is -0.350 e. The molecule has 108 valence electrons. The second-order valence-corrected chi connectivity index (χ2v) is 5.86. The van der Waals surface area contributed by atoms with Crippen molar-refractivity contribution < 1.29 is 9.59 Å². The lowest BCUT2D eigenvalue weighted by molar-refractivity contribution is -0.120. The Labute approximate surface area is 126 Å². The molecule has 1 aromatic rings. The molecule has 1 aliphatic rings. The van der Waals surface area contributed by atoms with Crippen molar-refractivity contribution >= 4 is 27.7 Å². The molecule has 0 saturated heterocycles. The van der Waals surface area contributed by atoms with Gasteiger partial charge in [0, 0.05) is 22.6 Å². The van der Waals surface area contributed by atoms with E-state index in [2.05, 4.69) is 26.6 Å². The van der Waals surface area contributed by atoms with E-state index in [4.69, 9.17) is 5.73 Å². The van der Waals surface area contributed by atoms with E-state index in [0.29, 0.717) is 18.0 Å². The average Bonchev–Trinajstić information content (AvgIpc) is 3.26. The lowest BCUT2D eigenvalue weighted by atomic mass is 10.2. The highest BCUT2D eigenvalue weighted by atomic mass is 79.9. The van der Waals surface area contributed by atoms with Gasteiger partial charge in [0.2, 0.25) is 5.91 Å². The number of hydrogen-bond acceptors (Lipinski definition) is 3. The number of halogens is 1. The van der Waals surface area contributed by atoms with Crippen LogP contribution in [0.15, 0.2) is 28.7 Å². The topological polar surface area (TPSA) is 84.2 Å². The van der Waals surface area contributed by atoms with Crippen LogP contribution in [0, 0.1) is 5.92 Å². The number of amides is 2. The molecule has 0 bridgehead atoms. The SMILES string of the molecule is NCC(NC(=O)CNC(=O)c1cccc(Br)c1)C1CC1. The molecule has 1 aliphatic carbocycles. The largest absolute Gasteiger partial charge is 0.350 e. The maximum atomic E-state index is 11.9. The monoisotopic (exact) mass is 339 g/mol. The molecule has 6 heteroatoms. The average molecular weight is 340 g/mol. The third-order valence-corrected chi connectivity index (χ3v) is 3.78. The van der Waals surface area contributed by atoms with E-state index in [1.165, 1.54) is 0 Å². The van der Waals surface area contributed by atoms with Crippen LogP contribution in [0.25, 0.3) is 0 Å². The Hall–Kier alpha value is -1.40. The first-order chi connectivity index (χ1) is 9.60. The van der Waals surface area contributed by atoms with Crippen molar-refractivity contribution in [2.45, 2.75) is 18.9 Å². The Kier molecular flexibility index (Phi) is 5.14. The number of nitrogens with one attached hydrogen (secondary N) is 2. The molecule has 2 amide bonds. The van der Waals surface area contributed by atoms with Crippen LogP contribution in [-0.2, 0) is 4.79 Å². The first-order valence-corrected chi connectivity index (χ1v) is 7.42. The standard InChI is InChI=1S/C14H18BrN3O2/c15-11-3-1-2-10(6-11)14(20)17-8-13(19)18-12(7-16)9-4-5-9/h1-3,6,9,12H,4-5,7-8,16H2,(H,17,20)(H,18,19). The van der Waals surface area contributed by atoms with Crippen molar-refractivity contribution in [2.75, 3.05) is 13.1 Å². The van der Waals surface area contributed by atoms with Crippen molar-refractivity contribution in [3.8, 4) is 0 Å². The first kappa shape index (κ1) is 15.0. The van der Waals surface area contributed by atoms with Crippen LogP contribution in [-0.4, -0.2) is 30.9 Å². The summed E-state index contributed by atoms with van der Waals surface area (Å²) in [6.07, 6.45) is 2.24. The van der Waals surface area contributed by atoms with Gasteiger partial charge in [-0.25, -0.2) is 0 Å². The molecule has 20 heavy (non-hydrogen) atoms. The molecular weight excluding hydrogens is 322 g/mol. The number of rotatable bonds is 6. The van der Waals surface area contributed by atoms with Gasteiger partial charge in [0.1, 0.15) is 0 Å². The fourth-order valence-corrected chi connectivity index (χ4v) is 2.42. The maximum absolute atomic E-state index is 11.9. The summed E-state index contributed by atoms with van der Waals surface area (Å²) in [4.78, 5) is 23.6. The van der Waals surface area contributed by atoms with Crippen molar-refractivity contribution in [1.29, 1.82) is 0 Å². The molecule has 1 unspecified atom stereocenters. The van der Waals surface area contributed by atoms with Crippen LogP contribution in [0.3, 0.4) is 0 Å². The van der Waals surface area contributed by atoms with Crippen molar-refractivity contribution in [2.24, 2.45) is 11.7 Å². The van der Waals surface area contributed by atoms with Gasteiger partial charge in [-0.05, 0) is 37.0 Å². The Morgan fingerprint density at radius 3 is 2.75 bits per heavy atom. The van der Waals surface area contributed by atoms with E-state index in [1.807, 2.05) is 6.07 Å². The van der Waals surface area contributed by atoms with E-state index in [1.54, 1.807) is 18.2 Å². The first-order valence-electron chi connectivity index (χ1n) is 6.63. The fourth-order valence-electron chi connectivity index (χ4n) is 2.02. The predicted molar refractivity (Wildman–Crippen MR) is 80.2 cm³/mol. The summed E-state index contributed by atoms with van der Waals surface area (Å²) in [6, 6.07) is 7.05. The van der Waals surface area contributed by atoms with E-state index < -0.39 is 0 Å². The fraction of sp³-hybridized carbons (Fsp3) is 0.429. The molecule has 4 N–H and O–H groups in total. The summed E-state index contributed by atoms with van der Waals surface area (Å²) in [5, 5.41) is 5.46. The summed E-state index contributed by atoms with van der Waals surface area (Å²) in [6.45, 7) is 0.407. The number of benzene rings is 1. The minimum absolute atomic E-state index is 0.0327. The summed E-state index contributed by atoms with van der Waals surface area (Å²) in [5.41, 5.74) is 6.14. The molecule has 1 aromatic carbocycles. The number of carbonyl (C=O) groups excluding carboxylic acids is 2. The highest BCUT2D eigenvalue weighted by molar-refractivity contribution is 9.10. The highest BCUT2D eigenvalue weighted by Gasteiger charge is 2.31. The van der Waals surface area contributed by atoms with Crippen molar-refractivity contribution in [1.82, 2.24) is 10.6 Å². The normalized spacial score (nSPS) is 15.5. The molecule has 1 fully saturated rings. The van der Waals surface area contributed by atoms with Gasteiger partial charge in [-0.1, -0.05) is 22.0 Å². The van der Waals surface area contributed by atoms with Gasteiger partial charge >= 0.3 is 0 Å². The van der Waals surface area contributed by atoms with Gasteiger partial charge in [0.25, 0.3) is 5.91 Å². The molecule has 2 rings (SSSR count). The second kappa shape index (κ2) is 6.85. The molecule has 1 atom stereocenters.